The van der Waals surface area contributed by atoms with Gasteiger partial charge in [0.15, 0.2) is 0 Å². The van der Waals surface area contributed by atoms with E-state index in [9.17, 15) is 0 Å². The number of thioether (sulfide) groups is 1. The molecule has 2 nitrogen and oxygen atoms in total. The van der Waals surface area contributed by atoms with Crippen molar-refractivity contribution in [2.75, 3.05) is 31.1 Å². The minimum atomic E-state index is 0.670. The van der Waals surface area contributed by atoms with Crippen molar-refractivity contribution in [2.45, 2.75) is 52.1 Å². The molecule has 2 atom stereocenters. The summed E-state index contributed by atoms with van der Waals surface area (Å²) in [4.78, 5) is 2.58. The first-order chi connectivity index (χ1) is 7.76. The highest BCUT2D eigenvalue weighted by Crippen LogP contribution is 2.12. The minimum Gasteiger partial charge on any atom is -0.311 e. The number of hydrogen-bond acceptors (Lipinski definition) is 3. The highest BCUT2D eigenvalue weighted by atomic mass is 32.2. The second kappa shape index (κ2) is 8.37. The number of nitrogens with zero attached hydrogens (tertiary/aromatic N) is 1. The molecule has 1 saturated heterocycles. The molecule has 96 valence electrons. The molecule has 0 aromatic carbocycles. The van der Waals surface area contributed by atoms with E-state index < -0.39 is 0 Å². The van der Waals surface area contributed by atoms with Gasteiger partial charge in [0.05, 0.1) is 0 Å². The zero-order valence-electron chi connectivity index (χ0n) is 11.2. The van der Waals surface area contributed by atoms with Gasteiger partial charge >= 0.3 is 0 Å². The van der Waals surface area contributed by atoms with Crippen LogP contribution in [-0.4, -0.2) is 48.1 Å². The summed E-state index contributed by atoms with van der Waals surface area (Å²) in [6.07, 6.45) is 4.05. The second-order valence-electron chi connectivity index (χ2n) is 4.79. The van der Waals surface area contributed by atoms with Crippen molar-refractivity contribution in [1.29, 1.82) is 0 Å². The fourth-order valence-electron chi connectivity index (χ4n) is 2.38. The van der Waals surface area contributed by atoms with Gasteiger partial charge in [-0.2, -0.15) is 11.8 Å². The Hall–Kier alpha value is 0.270. The lowest BCUT2D eigenvalue weighted by atomic mass is 10.1. The molecule has 0 saturated carbocycles. The third-order valence-corrected chi connectivity index (χ3v) is 4.50. The average molecular weight is 244 g/mol. The lowest BCUT2D eigenvalue weighted by Gasteiger charge is -2.22. The molecule has 1 rings (SSSR count). The Labute approximate surface area is 106 Å². The molecule has 0 aliphatic carbocycles. The topological polar surface area (TPSA) is 15.3 Å². The summed E-state index contributed by atoms with van der Waals surface area (Å²) in [5.74, 6) is 2.49. The van der Waals surface area contributed by atoms with Crippen LogP contribution in [0.2, 0.25) is 0 Å². The summed E-state index contributed by atoms with van der Waals surface area (Å²) < 4.78 is 0. The Morgan fingerprint density at radius 2 is 2.12 bits per heavy atom. The van der Waals surface area contributed by atoms with Crippen LogP contribution in [0.25, 0.3) is 0 Å². The molecular weight excluding hydrogens is 216 g/mol. The molecule has 3 heteroatoms. The van der Waals surface area contributed by atoms with Crippen molar-refractivity contribution in [3.63, 3.8) is 0 Å². The summed E-state index contributed by atoms with van der Waals surface area (Å²) in [5, 5.41) is 3.79. The van der Waals surface area contributed by atoms with E-state index in [0.29, 0.717) is 6.04 Å². The maximum absolute atomic E-state index is 3.79. The van der Waals surface area contributed by atoms with E-state index in [1.54, 1.807) is 0 Å². The summed E-state index contributed by atoms with van der Waals surface area (Å²) >= 11 is 2.04. The SMILES string of the molecule is CCSCC(C)NC1CCCN(CC)CC1. The summed E-state index contributed by atoms with van der Waals surface area (Å²) in [5.41, 5.74) is 0. The molecule has 1 aliphatic rings. The van der Waals surface area contributed by atoms with Crippen LogP contribution in [-0.2, 0) is 0 Å². The molecule has 0 radical (unpaired) electrons. The largest absolute Gasteiger partial charge is 0.311 e. The second-order valence-corrected chi connectivity index (χ2v) is 6.11. The fourth-order valence-corrected chi connectivity index (χ4v) is 3.07. The predicted molar refractivity (Wildman–Crippen MR) is 75.3 cm³/mol. The third-order valence-electron chi connectivity index (χ3n) is 3.36. The van der Waals surface area contributed by atoms with E-state index in [4.69, 9.17) is 0 Å². The van der Waals surface area contributed by atoms with E-state index in [0.717, 1.165) is 6.04 Å². The first-order valence-electron chi connectivity index (χ1n) is 6.82. The minimum absolute atomic E-state index is 0.670. The Morgan fingerprint density at radius 3 is 2.81 bits per heavy atom. The Bertz CT molecular complexity index is 175. The van der Waals surface area contributed by atoms with Gasteiger partial charge in [0.1, 0.15) is 0 Å². The van der Waals surface area contributed by atoms with E-state index in [-0.39, 0.29) is 0 Å². The highest BCUT2D eigenvalue weighted by Gasteiger charge is 2.17. The maximum Gasteiger partial charge on any atom is 0.0132 e. The molecule has 1 fully saturated rings. The van der Waals surface area contributed by atoms with Crippen LogP contribution >= 0.6 is 11.8 Å². The van der Waals surface area contributed by atoms with Gasteiger partial charge in [0.25, 0.3) is 0 Å². The Morgan fingerprint density at radius 1 is 1.31 bits per heavy atom. The standard InChI is InChI=1S/C13H28N2S/c1-4-15-9-6-7-13(8-10-15)14-12(3)11-16-5-2/h12-14H,4-11H2,1-3H3. The maximum atomic E-state index is 3.79. The van der Waals surface area contributed by atoms with Gasteiger partial charge in [0.2, 0.25) is 0 Å². The molecule has 0 aromatic rings. The van der Waals surface area contributed by atoms with Crippen molar-refractivity contribution >= 4 is 11.8 Å². The fraction of sp³-hybridized carbons (Fsp3) is 1.00. The molecule has 1 heterocycles. The summed E-state index contributed by atoms with van der Waals surface area (Å²) in [6.45, 7) is 10.6. The predicted octanol–water partition coefficient (Wildman–Crippen LogP) is 2.59. The van der Waals surface area contributed by atoms with Gasteiger partial charge in [-0.3, -0.25) is 0 Å². The van der Waals surface area contributed by atoms with E-state index in [2.05, 4.69) is 31.0 Å². The summed E-state index contributed by atoms with van der Waals surface area (Å²) in [6, 6.07) is 1.42. The highest BCUT2D eigenvalue weighted by molar-refractivity contribution is 7.99. The number of nitrogens with one attached hydrogen (secondary N) is 1. The first kappa shape index (κ1) is 14.3. The van der Waals surface area contributed by atoms with E-state index >= 15 is 0 Å². The lowest BCUT2D eigenvalue weighted by molar-refractivity contribution is 0.296. The summed E-state index contributed by atoms with van der Waals surface area (Å²) in [7, 11) is 0. The van der Waals surface area contributed by atoms with Crippen LogP contribution in [0.3, 0.4) is 0 Å². The van der Waals surface area contributed by atoms with Crippen molar-refractivity contribution in [1.82, 2.24) is 10.2 Å². The van der Waals surface area contributed by atoms with Crippen molar-refractivity contribution in [2.24, 2.45) is 0 Å². The third kappa shape index (κ3) is 5.55. The molecule has 0 spiro atoms. The molecule has 0 amide bonds. The van der Waals surface area contributed by atoms with Crippen LogP contribution in [0.15, 0.2) is 0 Å². The van der Waals surface area contributed by atoms with Gasteiger partial charge in [-0.25, -0.2) is 0 Å². The van der Waals surface area contributed by atoms with E-state index in [1.807, 2.05) is 11.8 Å². The average Bonchev–Trinajstić information content (AvgIpc) is 2.51. The zero-order chi connectivity index (χ0) is 11.8. The number of rotatable bonds is 6. The van der Waals surface area contributed by atoms with Gasteiger partial charge < -0.3 is 10.2 Å². The zero-order valence-corrected chi connectivity index (χ0v) is 12.0. The van der Waals surface area contributed by atoms with Gasteiger partial charge in [-0.1, -0.05) is 13.8 Å². The molecule has 0 aromatic heterocycles. The molecule has 1 aliphatic heterocycles. The van der Waals surface area contributed by atoms with Gasteiger partial charge in [-0.15, -0.1) is 0 Å². The normalized spacial score (nSPS) is 25.3. The van der Waals surface area contributed by atoms with Gasteiger partial charge in [-0.05, 0) is 51.6 Å². The Kier molecular flexibility index (Phi) is 7.50. The molecule has 16 heavy (non-hydrogen) atoms. The van der Waals surface area contributed by atoms with E-state index in [1.165, 1.54) is 50.4 Å². The number of likely N-dealkylation sites (tertiary alicyclic amines) is 1. The van der Waals surface area contributed by atoms with Crippen molar-refractivity contribution in [3.8, 4) is 0 Å². The first-order valence-corrected chi connectivity index (χ1v) is 7.97. The molecule has 0 bridgehead atoms. The monoisotopic (exact) mass is 244 g/mol. The smallest absolute Gasteiger partial charge is 0.0132 e. The van der Waals surface area contributed by atoms with Gasteiger partial charge in [0, 0.05) is 17.8 Å². The molecule has 2 unspecified atom stereocenters. The van der Waals surface area contributed by atoms with Crippen LogP contribution in [0.5, 0.6) is 0 Å². The van der Waals surface area contributed by atoms with Crippen LogP contribution in [0.4, 0.5) is 0 Å². The molecular formula is C13H28N2S. The molecule has 1 N–H and O–H groups in total. The van der Waals surface area contributed by atoms with Crippen LogP contribution in [0, 0.1) is 0 Å². The number of hydrogen-bond donors (Lipinski definition) is 1. The van der Waals surface area contributed by atoms with Crippen molar-refractivity contribution < 1.29 is 0 Å². The Balaban J connectivity index is 2.21. The van der Waals surface area contributed by atoms with Crippen LogP contribution < -0.4 is 5.32 Å². The van der Waals surface area contributed by atoms with Crippen LogP contribution in [0.1, 0.15) is 40.0 Å². The quantitative estimate of drug-likeness (QED) is 0.773. The lowest BCUT2D eigenvalue weighted by Crippen LogP contribution is -2.38. The van der Waals surface area contributed by atoms with Crippen molar-refractivity contribution in [3.05, 3.63) is 0 Å².